The number of rotatable bonds is 2. The highest BCUT2D eigenvalue weighted by atomic mass is 79.9. The summed E-state index contributed by atoms with van der Waals surface area (Å²) < 4.78 is 6.04. The molecule has 6 heteroatoms. The number of aromatic nitrogens is 3. The van der Waals surface area contributed by atoms with E-state index >= 15 is 0 Å². The predicted octanol–water partition coefficient (Wildman–Crippen LogP) is 3.27. The summed E-state index contributed by atoms with van der Waals surface area (Å²) in [7, 11) is 0. The molecule has 0 bridgehead atoms. The van der Waals surface area contributed by atoms with Crippen LogP contribution in [-0.4, -0.2) is 20.2 Å². The molecular formula is C13H8BrN3O2. The van der Waals surface area contributed by atoms with Crippen molar-refractivity contribution in [3.63, 3.8) is 0 Å². The number of nitrogens with zero attached hydrogens (tertiary/aromatic N) is 3. The number of phenolic OH excluding ortho intramolecular Hbond substituents is 1. The van der Waals surface area contributed by atoms with E-state index in [-0.39, 0.29) is 5.75 Å². The first-order valence-corrected chi connectivity index (χ1v) is 6.27. The lowest BCUT2D eigenvalue weighted by molar-refractivity contribution is 0.431. The number of benzene rings is 1. The number of halogens is 1. The standard InChI is InChI=1S/C13H8BrN3O2/c14-9-4-5-11(15-7-9)13-16-12(17-19-13)8-2-1-3-10(18)6-8/h1-7,18H. The molecule has 0 aliphatic carbocycles. The van der Waals surface area contributed by atoms with Crippen molar-refractivity contribution in [2.75, 3.05) is 0 Å². The zero-order valence-corrected chi connectivity index (χ0v) is 11.2. The van der Waals surface area contributed by atoms with Crippen molar-refractivity contribution in [2.24, 2.45) is 0 Å². The summed E-state index contributed by atoms with van der Waals surface area (Å²) in [4.78, 5) is 8.44. The Morgan fingerprint density at radius 1 is 1.16 bits per heavy atom. The quantitative estimate of drug-likeness (QED) is 0.785. The van der Waals surface area contributed by atoms with Gasteiger partial charge >= 0.3 is 0 Å². The molecule has 1 aromatic carbocycles. The minimum Gasteiger partial charge on any atom is -0.508 e. The molecule has 0 spiro atoms. The molecule has 0 radical (unpaired) electrons. The maximum atomic E-state index is 9.43. The van der Waals surface area contributed by atoms with Gasteiger partial charge in [-0.25, -0.2) is 4.98 Å². The van der Waals surface area contributed by atoms with Gasteiger partial charge in [-0.2, -0.15) is 4.98 Å². The molecule has 3 rings (SSSR count). The molecule has 0 aliphatic rings. The van der Waals surface area contributed by atoms with Crippen molar-refractivity contribution in [3.8, 4) is 28.7 Å². The zero-order chi connectivity index (χ0) is 13.2. The summed E-state index contributed by atoms with van der Waals surface area (Å²) in [6.45, 7) is 0. The lowest BCUT2D eigenvalue weighted by Crippen LogP contribution is -1.83. The van der Waals surface area contributed by atoms with Crippen molar-refractivity contribution in [3.05, 3.63) is 47.1 Å². The Kier molecular flexibility index (Phi) is 3.00. The van der Waals surface area contributed by atoms with Crippen LogP contribution in [0.25, 0.3) is 23.0 Å². The van der Waals surface area contributed by atoms with E-state index in [1.54, 1.807) is 36.5 Å². The molecule has 1 N–H and O–H groups in total. The fourth-order valence-corrected chi connectivity index (χ4v) is 1.83. The maximum Gasteiger partial charge on any atom is 0.276 e. The van der Waals surface area contributed by atoms with Crippen molar-refractivity contribution in [1.82, 2.24) is 15.1 Å². The normalized spacial score (nSPS) is 10.6. The highest BCUT2D eigenvalue weighted by molar-refractivity contribution is 9.10. The van der Waals surface area contributed by atoms with E-state index in [1.807, 2.05) is 6.07 Å². The SMILES string of the molecule is Oc1cccc(-c2noc(-c3ccc(Br)cn3)n2)c1. The van der Waals surface area contributed by atoms with Crippen LogP contribution in [0.2, 0.25) is 0 Å². The highest BCUT2D eigenvalue weighted by Crippen LogP contribution is 2.23. The summed E-state index contributed by atoms with van der Waals surface area (Å²) in [5, 5.41) is 13.3. The molecule has 0 saturated carbocycles. The molecule has 19 heavy (non-hydrogen) atoms. The van der Waals surface area contributed by atoms with E-state index in [1.165, 1.54) is 0 Å². The van der Waals surface area contributed by atoms with Gasteiger partial charge in [0, 0.05) is 16.2 Å². The number of phenols is 1. The van der Waals surface area contributed by atoms with Crippen LogP contribution in [0.1, 0.15) is 0 Å². The molecule has 0 saturated heterocycles. The Balaban J connectivity index is 1.97. The Morgan fingerprint density at radius 3 is 2.79 bits per heavy atom. The summed E-state index contributed by atoms with van der Waals surface area (Å²) in [5.74, 6) is 0.909. The van der Waals surface area contributed by atoms with Crippen LogP contribution in [0.15, 0.2) is 51.6 Å². The molecular weight excluding hydrogens is 310 g/mol. The third kappa shape index (κ3) is 2.48. The van der Waals surface area contributed by atoms with Crippen LogP contribution in [0.3, 0.4) is 0 Å². The average molecular weight is 318 g/mol. The Labute approximate surface area is 117 Å². The molecule has 0 amide bonds. The van der Waals surface area contributed by atoms with Crippen molar-refractivity contribution in [1.29, 1.82) is 0 Å². The first kappa shape index (κ1) is 11.9. The molecule has 0 fully saturated rings. The van der Waals surface area contributed by atoms with Gasteiger partial charge in [0.1, 0.15) is 11.4 Å². The second kappa shape index (κ2) is 4.81. The van der Waals surface area contributed by atoms with Gasteiger partial charge in [-0.1, -0.05) is 17.3 Å². The minimum absolute atomic E-state index is 0.158. The van der Waals surface area contributed by atoms with Gasteiger partial charge in [0.05, 0.1) is 0 Å². The second-order valence-electron chi connectivity index (χ2n) is 3.84. The summed E-state index contributed by atoms with van der Waals surface area (Å²) in [6, 6.07) is 10.3. The molecule has 2 heterocycles. The number of hydrogen-bond acceptors (Lipinski definition) is 5. The molecule has 3 aromatic rings. The Bertz CT molecular complexity index is 710. The van der Waals surface area contributed by atoms with E-state index in [9.17, 15) is 5.11 Å². The smallest absolute Gasteiger partial charge is 0.276 e. The Hall–Kier alpha value is -2.21. The highest BCUT2D eigenvalue weighted by Gasteiger charge is 2.11. The first-order valence-electron chi connectivity index (χ1n) is 5.47. The fraction of sp³-hybridized carbons (Fsp3) is 0. The second-order valence-corrected chi connectivity index (χ2v) is 4.75. The van der Waals surface area contributed by atoms with Crippen LogP contribution in [0, 0.1) is 0 Å². The van der Waals surface area contributed by atoms with Gasteiger partial charge in [0.25, 0.3) is 5.89 Å². The molecule has 0 unspecified atom stereocenters. The van der Waals surface area contributed by atoms with Crippen molar-refractivity contribution in [2.45, 2.75) is 0 Å². The lowest BCUT2D eigenvalue weighted by Gasteiger charge is -1.94. The van der Waals surface area contributed by atoms with Gasteiger partial charge in [-0.05, 0) is 40.2 Å². The van der Waals surface area contributed by atoms with Gasteiger partial charge in [-0.3, -0.25) is 0 Å². The maximum absolute atomic E-state index is 9.43. The Morgan fingerprint density at radius 2 is 2.05 bits per heavy atom. The van der Waals surface area contributed by atoms with Crippen LogP contribution >= 0.6 is 15.9 Å². The molecule has 94 valence electrons. The third-order valence-corrected chi connectivity index (χ3v) is 2.95. The van der Waals surface area contributed by atoms with E-state index in [0.717, 1.165) is 4.47 Å². The monoisotopic (exact) mass is 317 g/mol. The van der Waals surface area contributed by atoms with Crippen LogP contribution in [0.5, 0.6) is 5.75 Å². The number of hydrogen-bond donors (Lipinski definition) is 1. The van der Waals surface area contributed by atoms with Gasteiger partial charge < -0.3 is 9.63 Å². The number of aromatic hydroxyl groups is 1. The lowest BCUT2D eigenvalue weighted by atomic mass is 10.2. The van der Waals surface area contributed by atoms with Crippen LogP contribution in [0.4, 0.5) is 0 Å². The molecule has 0 atom stereocenters. The zero-order valence-electron chi connectivity index (χ0n) is 9.62. The topological polar surface area (TPSA) is 72.0 Å². The average Bonchev–Trinajstić information content (AvgIpc) is 2.89. The van der Waals surface area contributed by atoms with E-state index < -0.39 is 0 Å². The third-order valence-electron chi connectivity index (χ3n) is 2.48. The molecule has 5 nitrogen and oxygen atoms in total. The van der Waals surface area contributed by atoms with Gasteiger partial charge in [0.2, 0.25) is 5.82 Å². The van der Waals surface area contributed by atoms with E-state index in [4.69, 9.17) is 4.52 Å². The first-order chi connectivity index (χ1) is 9.22. The predicted molar refractivity (Wildman–Crippen MR) is 72.3 cm³/mol. The summed E-state index contributed by atoms with van der Waals surface area (Å²) in [5.41, 5.74) is 1.29. The van der Waals surface area contributed by atoms with E-state index in [0.29, 0.717) is 23.0 Å². The number of pyridine rings is 1. The van der Waals surface area contributed by atoms with Crippen molar-refractivity contribution >= 4 is 15.9 Å². The summed E-state index contributed by atoms with van der Waals surface area (Å²) in [6.07, 6.45) is 1.66. The minimum atomic E-state index is 0.158. The van der Waals surface area contributed by atoms with E-state index in [2.05, 4.69) is 31.1 Å². The van der Waals surface area contributed by atoms with Gasteiger partial charge in [0.15, 0.2) is 0 Å². The summed E-state index contributed by atoms with van der Waals surface area (Å²) >= 11 is 3.31. The van der Waals surface area contributed by atoms with Crippen LogP contribution in [-0.2, 0) is 0 Å². The van der Waals surface area contributed by atoms with Crippen LogP contribution < -0.4 is 0 Å². The largest absolute Gasteiger partial charge is 0.508 e. The van der Waals surface area contributed by atoms with Crippen molar-refractivity contribution < 1.29 is 9.63 Å². The molecule has 0 aliphatic heterocycles. The van der Waals surface area contributed by atoms with Gasteiger partial charge in [-0.15, -0.1) is 0 Å². The molecule has 2 aromatic heterocycles. The fourth-order valence-electron chi connectivity index (χ4n) is 1.59.